The van der Waals surface area contributed by atoms with Gasteiger partial charge in [-0.15, -0.1) is 0 Å². The van der Waals surface area contributed by atoms with E-state index in [1.807, 2.05) is 39.0 Å². The molecule has 36 heavy (non-hydrogen) atoms. The summed E-state index contributed by atoms with van der Waals surface area (Å²) in [5, 5.41) is 16.7. The number of fused-ring (bicyclic) bond motifs is 1. The van der Waals surface area contributed by atoms with E-state index in [2.05, 4.69) is 21.7 Å². The number of pyridine rings is 2. The number of ether oxygens (including phenoxy) is 1. The zero-order chi connectivity index (χ0) is 25.7. The topological polar surface area (TPSA) is 131 Å². The Kier molecular flexibility index (Phi) is 5.66. The van der Waals surface area contributed by atoms with Crippen molar-refractivity contribution in [2.24, 2.45) is 0 Å². The van der Waals surface area contributed by atoms with Crippen LogP contribution < -0.4 is 26.5 Å². The smallest absolute Gasteiger partial charge is 0.341 e. The number of nitrogens with one attached hydrogen (secondary N) is 2. The Morgan fingerprint density at radius 2 is 2.03 bits per heavy atom. The van der Waals surface area contributed by atoms with Gasteiger partial charge in [0.2, 0.25) is 5.43 Å². The molecule has 0 fully saturated rings. The maximum atomic E-state index is 15.4. The number of carboxylic acid groups (broad SMARTS) is 1. The van der Waals surface area contributed by atoms with E-state index in [4.69, 9.17) is 10.5 Å². The van der Waals surface area contributed by atoms with E-state index in [1.54, 1.807) is 4.57 Å². The van der Waals surface area contributed by atoms with E-state index in [1.165, 1.54) is 6.20 Å². The zero-order valence-electron chi connectivity index (χ0n) is 20.1. The molecule has 0 bridgehead atoms. The van der Waals surface area contributed by atoms with Gasteiger partial charge in [0.25, 0.3) is 0 Å². The highest BCUT2D eigenvalue weighted by molar-refractivity contribution is 6.03. The maximum Gasteiger partial charge on any atom is 0.341 e. The van der Waals surface area contributed by atoms with Crippen LogP contribution in [-0.2, 0) is 0 Å². The number of aromatic nitrogens is 2. The molecule has 0 aliphatic carbocycles. The minimum Gasteiger partial charge on any atom is -0.487 e. The molecule has 186 valence electrons. The van der Waals surface area contributed by atoms with Gasteiger partial charge in [-0.05, 0) is 39.0 Å². The average molecular weight is 492 g/mol. The molecule has 1 aliphatic heterocycles. The van der Waals surface area contributed by atoms with Crippen LogP contribution in [0.1, 0.15) is 34.6 Å². The molecule has 10 heteroatoms. The molecule has 5 rings (SSSR count). The molecule has 0 saturated heterocycles. The third kappa shape index (κ3) is 3.74. The Hall–Kier alpha value is -4.34. The summed E-state index contributed by atoms with van der Waals surface area (Å²) in [4.78, 5) is 29.0. The number of halogens is 1. The van der Waals surface area contributed by atoms with E-state index >= 15 is 4.39 Å². The van der Waals surface area contributed by atoms with Gasteiger partial charge in [0.15, 0.2) is 11.6 Å². The number of nitrogens with zero attached hydrogens (tertiary/aromatic N) is 2. The van der Waals surface area contributed by atoms with E-state index in [-0.39, 0.29) is 35.0 Å². The van der Waals surface area contributed by atoms with Crippen LogP contribution >= 0.6 is 0 Å². The van der Waals surface area contributed by atoms with Crippen LogP contribution in [0.25, 0.3) is 21.8 Å². The lowest BCUT2D eigenvalue weighted by atomic mass is 10.0. The summed E-state index contributed by atoms with van der Waals surface area (Å²) in [5.74, 6) is -2.10. The van der Waals surface area contributed by atoms with Crippen molar-refractivity contribution in [3.05, 3.63) is 63.3 Å². The Bertz CT molecular complexity index is 1610. The SMILES string of the molecule is Cc1ccc2nc(C)cc(NCCNc3c(F)c(N)c4c(=O)c(C(=O)O)cn5c4c3OC[C@@H]5C)c2c1. The lowest BCUT2D eigenvalue weighted by Gasteiger charge is -2.29. The number of aryl methyl sites for hydroxylation is 2. The summed E-state index contributed by atoms with van der Waals surface area (Å²) in [6.45, 7) is 6.71. The largest absolute Gasteiger partial charge is 0.487 e. The summed E-state index contributed by atoms with van der Waals surface area (Å²) >= 11 is 0. The van der Waals surface area contributed by atoms with Crippen molar-refractivity contribution < 1.29 is 19.0 Å². The van der Waals surface area contributed by atoms with Gasteiger partial charge < -0.3 is 30.8 Å². The number of benzene rings is 2. The summed E-state index contributed by atoms with van der Waals surface area (Å²) in [7, 11) is 0. The van der Waals surface area contributed by atoms with Gasteiger partial charge in [-0.1, -0.05) is 11.6 Å². The third-order valence-corrected chi connectivity index (χ3v) is 6.41. The third-order valence-electron chi connectivity index (χ3n) is 6.41. The maximum absolute atomic E-state index is 15.4. The van der Waals surface area contributed by atoms with Gasteiger partial charge in [0.05, 0.1) is 28.1 Å². The fraction of sp³-hybridized carbons (Fsp3) is 0.269. The molecule has 1 aliphatic rings. The Morgan fingerprint density at radius 1 is 1.28 bits per heavy atom. The van der Waals surface area contributed by atoms with Gasteiger partial charge in [-0.3, -0.25) is 9.78 Å². The van der Waals surface area contributed by atoms with Gasteiger partial charge in [-0.25, -0.2) is 9.18 Å². The first-order chi connectivity index (χ1) is 17.2. The molecule has 2 aromatic heterocycles. The molecule has 0 unspecified atom stereocenters. The molecule has 0 saturated carbocycles. The standard InChI is InChI=1S/C26H26FN5O4/c1-12-4-5-17-15(8-12)18(9-13(2)31-17)29-6-7-30-22-20(27)21(28)19-23-25(22)36-11-14(3)32(23)10-16(24(19)33)26(34)35/h4-5,8-10,14,30H,6-7,11,28H2,1-3H3,(H,29,31)(H,34,35)/t14-/m0/s1. The normalized spacial score (nSPS) is 14.6. The molecular weight excluding hydrogens is 465 g/mol. The number of carbonyl (C=O) groups is 1. The van der Waals surface area contributed by atoms with E-state index in [0.29, 0.717) is 13.1 Å². The van der Waals surface area contributed by atoms with Crippen molar-refractivity contribution in [3.63, 3.8) is 0 Å². The number of anilines is 3. The van der Waals surface area contributed by atoms with Crippen molar-refractivity contribution in [1.29, 1.82) is 0 Å². The first-order valence-electron chi connectivity index (χ1n) is 11.6. The highest BCUT2D eigenvalue weighted by Crippen LogP contribution is 2.43. The molecule has 3 heterocycles. The molecule has 5 N–H and O–H groups in total. The second kappa shape index (κ2) is 8.71. The van der Waals surface area contributed by atoms with Crippen LogP contribution in [0.2, 0.25) is 0 Å². The minimum absolute atomic E-state index is 0.0385. The minimum atomic E-state index is -1.40. The molecule has 0 radical (unpaired) electrons. The molecule has 4 aromatic rings. The van der Waals surface area contributed by atoms with Crippen LogP contribution in [-0.4, -0.2) is 40.3 Å². The van der Waals surface area contributed by atoms with E-state index in [9.17, 15) is 14.7 Å². The molecule has 0 spiro atoms. The Morgan fingerprint density at radius 3 is 2.78 bits per heavy atom. The van der Waals surface area contributed by atoms with Crippen molar-refractivity contribution in [2.75, 3.05) is 36.1 Å². The highest BCUT2D eigenvalue weighted by Gasteiger charge is 2.30. The molecule has 9 nitrogen and oxygen atoms in total. The number of aromatic carboxylic acids is 1. The Balaban J connectivity index is 1.48. The molecule has 2 aromatic carbocycles. The molecule has 0 amide bonds. The number of rotatable bonds is 6. The second-order valence-corrected chi connectivity index (χ2v) is 9.09. The van der Waals surface area contributed by atoms with Gasteiger partial charge >= 0.3 is 5.97 Å². The van der Waals surface area contributed by atoms with E-state index < -0.39 is 28.5 Å². The van der Waals surface area contributed by atoms with Crippen molar-refractivity contribution in [2.45, 2.75) is 26.8 Å². The monoisotopic (exact) mass is 491 g/mol. The van der Waals surface area contributed by atoms with Gasteiger partial charge in [0.1, 0.15) is 17.9 Å². The lowest BCUT2D eigenvalue weighted by Crippen LogP contribution is -2.28. The fourth-order valence-electron chi connectivity index (χ4n) is 4.66. The van der Waals surface area contributed by atoms with Crippen LogP contribution in [0.15, 0.2) is 35.3 Å². The summed E-state index contributed by atoms with van der Waals surface area (Å²) in [5.41, 5.74) is 8.44. The summed E-state index contributed by atoms with van der Waals surface area (Å²) in [6.07, 6.45) is 1.27. The van der Waals surface area contributed by atoms with E-state index in [0.717, 1.165) is 27.8 Å². The van der Waals surface area contributed by atoms with Crippen molar-refractivity contribution >= 4 is 44.8 Å². The number of hydrogen-bond donors (Lipinski definition) is 4. The van der Waals surface area contributed by atoms with Crippen LogP contribution in [0.4, 0.5) is 21.5 Å². The second-order valence-electron chi connectivity index (χ2n) is 9.09. The van der Waals surface area contributed by atoms with Crippen molar-refractivity contribution in [1.82, 2.24) is 9.55 Å². The summed E-state index contributed by atoms with van der Waals surface area (Å²) < 4.78 is 22.9. The number of nitrogen functional groups attached to an aromatic ring is 1. The average Bonchev–Trinajstić information content (AvgIpc) is 2.83. The number of carboxylic acids is 1. The van der Waals surface area contributed by atoms with Crippen LogP contribution in [0.3, 0.4) is 0 Å². The van der Waals surface area contributed by atoms with Crippen molar-refractivity contribution in [3.8, 4) is 5.75 Å². The number of hydrogen-bond acceptors (Lipinski definition) is 7. The quantitative estimate of drug-likeness (QED) is 0.235. The molecular formula is C26H26FN5O4. The Labute approximate surface area is 205 Å². The first-order valence-corrected chi connectivity index (χ1v) is 11.6. The highest BCUT2D eigenvalue weighted by atomic mass is 19.1. The predicted octanol–water partition coefficient (Wildman–Crippen LogP) is 4.06. The first kappa shape index (κ1) is 23.4. The van der Waals surface area contributed by atoms with Crippen LogP contribution in [0, 0.1) is 19.7 Å². The zero-order valence-corrected chi connectivity index (χ0v) is 20.1. The summed E-state index contributed by atoms with van der Waals surface area (Å²) in [6, 6.07) is 7.74. The van der Waals surface area contributed by atoms with Gasteiger partial charge in [-0.2, -0.15) is 0 Å². The predicted molar refractivity (Wildman–Crippen MR) is 138 cm³/mol. The fourth-order valence-corrected chi connectivity index (χ4v) is 4.66. The molecule has 1 atom stereocenters. The van der Waals surface area contributed by atoms with Gasteiger partial charge in [0, 0.05) is 36.1 Å². The lowest BCUT2D eigenvalue weighted by molar-refractivity contribution is 0.0694. The number of nitrogens with two attached hydrogens (primary N) is 1. The van der Waals surface area contributed by atoms with Crippen LogP contribution in [0.5, 0.6) is 5.75 Å².